The van der Waals surface area contributed by atoms with Crippen molar-refractivity contribution in [1.82, 2.24) is 29.2 Å². The highest BCUT2D eigenvalue weighted by molar-refractivity contribution is 8.00. The number of anilines is 3. The zero-order valence-electron chi connectivity index (χ0n) is 21.5. The molecule has 3 aromatic rings. The lowest BCUT2D eigenvalue weighted by Gasteiger charge is -2.49. The fraction of sp³-hybridized carbons (Fsp3) is 0.318. The predicted molar refractivity (Wildman–Crippen MR) is 146 cm³/mol. The number of hydrogen-bond acceptors (Lipinski definition) is 13. The van der Waals surface area contributed by atoms with Crippen LogP contribution in [0.25, 0.3) is 5.65 Å². The van der Waals surface area contributed by atoms with E-state index in [1.165, 1.54) is 16.3 Å². The van der Waals surface area contributed by atoms with E-state index in [-0.39, 0.29) is 46.6 Å². The number of nitrogen functional groups attached to an aromatic ring is 2. The maximum atomic E-state index is 13.2. The molecular formula is C22H24N11O6S2+. The number of amides is 3. The maximum Gasteiger partial charge on any atom is 0.352 e. The van der Waals surface area contributed by atoms with E-state index in [2.05, 4.69) is 30.2 Å². The van der Waals surface area contributed by atoms with E-state index < -0.39 is 29.2 Å². The zero-order valence-corrected chi connectivity index (χ0v) is 23.2. The number of fused-ring (bicyclic) bond motifs is 2. The molecule has 0 aliphatic carbocycles. The molecular weight excluding hydrogens is 578 g/mol. The summed E-state index contributed by atoms with van der Waals surface area (Å²) in [6.07, 6.45) is 1.72. The number of nitrogens with zero attached hydrogens (tertiary/aromatic N) is 7. The van der Waals surface area contributed by atoms with Crippen LogP contribution in [0.15, 0.2) is 34.8 Å². The van der Waals surface area contributed by atoms with Gasteiger partial charge >= 0.3 is 11.6 Å². The summed E-state index contributed by atoms with van der Waals surface area (Å²) < 4.78 is 7.10. The second-order valence-electron chi connectivity index (χ2n) is 9.10. The fourth-order valence-electron chi connectivity index (χ4n) is 4.27. The van der Waals surface area contributed by atoms with E-state index >= 15 is 0 Å². The van der Waals surface area contributed by atoms with Gasteiger partial charge in [0.25, 0.3) is 17.6 Å². The van der Waals surface area contributed by atoms with Crippen molar-refractivity contribution in [2.45, 2.75) is 37.9 Å². The average molecular weight is 603 g/mol. The van der Waals surface area contributed by atoms with Crippen LogP contribution < -0.4 is 26.7 Å². The Labute approximate surface area is 239 Å². The minimum Gasteiger partial charge on any atom is -0.477 e. The quantitative estimate of drug-likeness (QED) is 0.0603. The Hall–Kier alpha value is -4.78. The first-order valence-electron chi connectivity index (χ1n) is 12.0. The number of oxime groups is 1. The summed E-state index contributed by atoms with van der Waals surface area (Å²) in [5, 5.41) is 22.7. The molecule has 17 nitrogen and oxygen atoms in total. The van der Waals surface area contributed by atoms with Gasteiger partial charge in [-0.1, -0.05) is 14.8 Å². The van der Waals surface area contributed by atoms with E-state index in [9.17, 15) is 24.3 Å². The third-order valence-electron chi connectivity index (χ3n) is 5.96. The largest absolute Gasteiger partial charge is 0.477 e. The average Bonchev–Trinajstić information content (AvgIpc) is 3.49. The third-order valence-corrected chi connectivity index (χ3v) is 7.85. The van der Waals surface area contributed by atoms with Crippen molar-refractivity contribution >= 4 is 75.6 Å². The van der Waals surface area contributed by atoms with E-state index in [0.29, 0.717) is 23.4 Å². The van der Waals surface area contributed by atoms with E-state index in [4.69, 9.17) is 16.3 Å². The second-order valence-corrected chi connectivity index (χ2v) is 11.0. The number of hydrogen-bond donors (Lipinski definition) is 5. The molecule has 2 atom stereocenters. The lowest BCUT2D eigenvalue weighted by molar-refractivity contribution is -0.662. The van der Waals surface area contributed by atoms with Crippen molar-refractivity contribution in [2.24, 2.45) is 5.16 Å². The first-order chi connectivity index (χ1) is 19.6. The summed E-state index contributed by atoms with van der Waals surface area (Å²) in [5.41, 5.74) is 12.0. The summed E-state index contributed by atoms with van der Waals surface area (Å²) in [7, 11) is 0. The number of rotatable bonds is 10. The van der Waals surface area contributed by atoms with Gasteiger partial charge in [0.1, 0.15) is 29.8 Å². The molecule has 7 N–H and O–H groups in total. The Bertz CT molecular complexity index is 1630. The summed E-state index contributed by atoms with van der Waals surface area (Å²) in [6.45, 7) is 3.51. The van der Waals surface area contributed by atoms with Crippen LogP contribution in [0.3, 0.4) is 0 Å². The van der Waals surface area contributed by atoms with Gasteiger partial charge in [-0.15, -0.1) is 11.8 Å². The van der Waals surface area contributed by atoms with Gasteiger partial charge in [-0.25, -0.2) is 9.36 Å². The number of imidazole rings is 1. The molecule has 2 aliphatic rings. The smallest absolute Gasteiger partial charge is 0.352 e. The summed E-state index contributed by atoms with van der Waals surface area (Å²) in [4.78, 5) is 60.1. The number of nitrogens with two attached hydrogens (primary N) is 2. The monoisotopic (exact) mass is 602 g/mol. The van der Waals surface area contributed by atoms with Crippen LogP contribution in [0.1, 0.15) is 19.7 Å². The second kappa shape index (κ2) is 11.0. The molecule has 1 fully saturated rings. The Morgan fingerprint density at radius 1 is 1.37 bits per heavy atom. The summed E-state index contributed by atoms with van der Waals surface area (Å²) >= 11 is 2.16. The highest BCUT2D eigenvalue weighted by atomic mass is 32.2. The fourth-order valence-corrected chi connectivity index (χ4v) is 6.04. The molecule has 214 valence electrons. The number of nitrogens with one attached hydrogen (secondary N) is 2. The highest BCUT2D eigenvalue weighted by Crippen LogP contribution is 2.40. The molecule has 41 heavy (non-hydrogen) atoms. The van der Waals surface area contributed by atoms with Crippen molar-refractivity contribution in [3.05, 3.63) is 35.4 Å². The molecule has 3 aromatic heterocycles. The molecule has 0 spiro atoms. The molecule has 0 unspecified atom stereocenters. The Morgan fingerprint density at radius 3 is 2.80 bits per heavy atom. The molecule has 5 rings (SSSR count). The Kier molecular flexibility index (Phi) is 7.45. The molecule has 0 bridgehead atoms. The first kappa shape index (κ1) is 27.8. The minimum atomic E-state index is -1.30. The van der Waals surface area contributed by atoms with Gasteiger partial charge in [-0.05, 0) is 19.9 Å². The van der Waals surface area contributed by atoms with Crippen LogP contribution in [0.5, 0.6) is 0 Å². The lowest BCUT2D eigenvalue weighted by atomic mass is 10.0. The topological polar surface area (TPSA) is 236 Å². The van der Waals surface area contributed by atoms with Crippen LogP contribution >= 0.6 is 23.3 Å². The highest BCUT2D eigenvalue weighted by Gasteiger charge is 2.54. The number of carboxylic acids is 1. The van der Waals surface area contributed by atoms with Gasteiger partial charge in [-0.3, -0.25) is 24.6 Å². The van der Waals surface area contributed by atoms with Gasteiger partial charge in [0.2, 0.25) is 17.9 Å². The van der Waals surface area contributed by atoms with Crippen LogP contribution in [-0.4, -0.2) is 82.2 Å². The van der Waals surface area contributed by atoms with E-state index in [0.717, 1.165) is 16.4 Å². The van der Waals surface area contributed by atoms with Crippen molar-refractivity contribution in [3.8, 4) is 0 Å². The predicted octanol–water partition coefficient (Wildman–Crippen LogP) is -1.23. The number of carbonyl (C=O) groups excluding carboxylic acids is 3. The normalized spacial score (nSPS) is 18.8. The lowest BCUT2D eigenvalue weighted by Crippen LogP contribution is -2.71. The molecule has 2 aliphatic heterocycles. The molecule has 0 radical (unpaired) electrons. The third kappa shape index (κ3) is 5.23. The van der Waals surface area contributed by atoms with Gasteiger partial charge in [-0.2, -0.15) is 9.36 Å². The Morgan fingerprint density at radius 2 is 2.15 bits per heavy atom. The van der Waals surface area contributed by atoms with Gasteiger partial charge in [0.05, 0.1) is 0 Å². The van der Waals surface area contributed by atoms with E-state index in [1.54, 1.807) is 36.7 Å². The van der Waals surface area contributed by atoms with Crippen molar-refractivity contribution < 1.29 is 33.7 Å². The summed E-state index contributed by atoms with van der Waals surface area (Å²) in [5.74, 6) is -1.96. The first-order valence-corrected chi connectivity index (χ1v) is 13.8. The van der Waals surface area contributed by atoms with Crippen LogP contribution in [0, 0.1) is 0 Å². The zero-order chi connectivity index (χ0) is 29.4. The Balaban J connectivity index is 1.40. The van der Waals surface area contributed by atoms with Crippen LogP contribution in [-0.2, 0) is 30.6 Å². The molecule has 0 aromatic carbocycles. The summed E-state index contributed by atoms with van der Waals surface area (Å²) in [6, 6.07) is 2.22. The number of aliphatic carboxylic acids is 1. The molecule has 19 heteroatoms. The molecule has 5 heterocycles. The number of carbonyl (C=O) groups is 4. The molecule has 1 saturated heterocycles. The standard InChI is InChI=1S/C22H23N11O6S2/c1-9(2)39-29-14(17-27-22(24)41-30-17)18(35)26-15-19(36)32-16(21(37)38)10(7-40-20(15)32)5-31-6-12(25-8-34)33-13(31)4-3-11(23)28-33/h3-4,6,8-9,15,20H,5,7H2,1-2H3,(H6-,23,24,25,26,27,28,30,34,35,37,38)/p+1/b29-14-/t15-,20-/m1/s1. The van der Waals surface area contributed by atoms with Crippen LogP contribution in [0.2, 0.25) is 0 Å². The number of aromatic nitrogens is 5. The maximum absolute atomic E-state index is 13.2. The van der Waals surface area contributed by atoms with Crippen molar-refractivity contribution in [2.75, 3.05) is 22.5 Å². The SMILES string of the molecule is CC(C)O/N=C(\C(=O)N[C@@H]1C(=O)N2C(C(=O)O)=C(C[n+]3cc(NC=O)n4nc(N)ccc43)CS[C@H]12)c1nsc(N)n1. The van der Waals surface area contributed by atoms with Crippen molar-refractivity contribution in [1.29, 1.82) is 0 Å². The minimum absolute atomic E-state index is 0.0597. The van der Waals surface area contributed by atoms with Crippen molar-refractivity contribution in [3.63, 3.8) is 0 Å². The molecule has 3 amide bonds. The van der Waals surface area contributed by atoms with Gasteiger partial charge in [0, 0.05) is 28.9 Å². The number of thioether (sulfide) groups is 1. The number of carboxylic acid groups (broad SMARTS) is 1. The van der Waals surface area contributed by atoms with E-state index in [1.807, 2.05) is 0 Å². The number of β-lactam (4-membered cyclic amide) rings is 1. The van der Waals surface area contributed by atoms with Gasteiger partial charge < -0.3 is 26.7 Å². The van der Waals surface area contributed by atoms with Crippen LogP contribution in [0.4, 0.5) is 16.8 Å². The molecule has 0 saturated carbocycles. The van der Waals surface area contributed by atoms with Gasteiger partial charge in [0.15, 0.2) is 17.1 Å².